The first kappa shape index (κ1) is 16.8. The highest BCUT2D eigenvalue weighted by atomic mass is 35.5. The summed E-state index contributed by atoms with van der Waals surface area (Å²) in [6.07, 6.45) is -0.0235. The first-order valence-corrected chi connectivity index (χ1v) is 8.85. The van der Waals surface area contributed by atoms with Crippen LogP contribution < -0.4 is 4.74 Å². The number of carbonyl (C=O) groups is 2. The second kappa shape index (κ2) is 7.68. The summed E-state index contributed by atoms with van der Waals surface area (Å²) in [4.78, 5) is 28.8. The SMILES string of the molecule is O=C(Cc1ccc(Cl)s1)N1CCN(C(=O)Oc2ccccc2)CC1. The number of thiophene rings is 1. The summed E-state index contributed by atoms with van der Waals surface area (Å²) in [5.41, 5.74) is 0. The van der Waals surface area contributed by atoms with Crippen molar-refractivity contribution in [2.24, 2.45) is 0 Å². The molecule has 1 aromatic carbocycles. The lowest BCUT2D eigenvalue weighted by atomic mass is 10.2. The molecule has 0 spiro atoms. The second-order valence-electron chi connectivity index (χ2n) is 5.43. The summed E-state index contributed by atoms with van der Waals surface area (Å²) in [6, 6.07) is 12.6. The number of hydrogen-bond acceptors (Lipinski definition) is 4. The van der Waals surface area contributed by atoms with Gasteiger partial charge in [-0.3, -0.25) is 4.79 Å². The second-order valence-corrected chi connectivity index (χ2v) is 7.23. The number of ether oxygens (including phenoxy) is 1. The average molecular weight is 365 g/mol. The van der Waals surface area contributed by atoms with Crippen LogP contribution in [0.5, 0.6) is 5.75 Å². The molecule has 0 unspecified atom stereocenters. The Balaban J connectivity index is 1.48. The Morgan fingerprint density at radius 2 is 1.67 bits per heavy atom. The van der Waals surface area contributed by atoms with Gasteiger partial charge >= 0.3 is 6.09 Å². The van der Waals surface area contributed by atoms with Crippen molar-refractivity contribution in [2.75, 3.05) is 26.2 Å². The molecule has 0 aliphatic carbocycles. The number of carbonyl (C=O) groups excluding carboxylic acids is 2. The summed E-state index contributed by atoms with van der Waals surface area (Å²) in [6.45, 7) is 1.98. The van der Waals surface area contributed by atoms with E-state index < -0.39 is 0 Å². The predicted molar refractivity (Wildman–Crippen MR) is 93.7 cm³/mol. The molecular weight excluding hydrogens is 348 g/mol. The molecule has 1 aliphatic rings. The molecule has 5 nitrogen and oxygen atoms in total. The fourth-order valence-corrected chi connectivity index (χ4v) is 3.58. The monoisotopic (exact) mass is 364 g/mol. The van der Waals surface area contributed by atoms with E-state index in [1.54, 1.807) is 28.0 Å². The maximum Gasteiger partial charge on any atom is 0.415 e. The number of rotatable bonds is 3. The number of piperazine rings is 1. The number of para-hydroxylation sites is 1. The van der Waals surface area contributed by atoms with E-state index in [1.807, 2.05) is 24.3 Å². The Labute approximate surface area is 149 Å². The van der Waals surface area contributed by atoms with Gasteiger partial charge in [-0.1, -0.05) is 29.8 Å². The van der Waals surface area contributed by atoms with Gasteiger partial charge in [0.1, 0.15) is 5.75 Å². The van der Waals surface area contributed by atoms with Gasteiger partial charge in [0.05, 0.1) is 10.8 Å². The zero-order valence-corrected chi connectivity index (χ0v) is 14.6. The van der Waals surface area contributed by atoms with Crippen molar-refractivity contribution < 1.29 is 14.3 Å². The maximum absolute atomic E-state index is 12.3. The van der Waals surface area contributed by atoms with E-state index in [0.717, 1.165) is 4.88 Å². The molecule has 2 amide bonds. The van der Waals surface area contributed by atoms with Crippen molar-refractivity contribution in [3.63, 3.8) is 0 Å². The van der Waals surface area contributed by atoms with Crippen molar-refractivity contribution in [2.45, 2.75) is 6.42 Å². The summed E-state index contributed by atoms with van der Waals surface area (Å²) in [5, 5.41) is 0. The fourth-order valence-electron chi connectivity index (χ4n) is 2.50. The van der Waals surface area contributed by atoms with Crippen molar-refractivity contribution in [3.8, 4) is 5.75 Å². The summed E-state index contributed by atoms with van der Waals surface area (Å²) < 4.78 is 6.00. The molecule has 2 aromatic rings. The number of benzene rings is 1. The minimum Gasteiger partial charge on any atom is -0.410 e. The highest BCUT2D eigenvalue weighted by molar-refractivity contribution is 7.16. The van der Waals surface area contributed by atoms with E-state index in [2.05, 4.69) is 0 Å². The Morgan fingerprint density at radius 1 is 1.00 bits per heavy atom. The average Bonchev–Trinajstić information content (AvgIpc) is 3.00. The smallest absolute Gasteiger partial charge is 0.410 e. The van der Waals surface area contributed by atoms with Gasteiger partial charge in [-0.2, -0.15) is 0 Å². The van der Waals surface area contributed by atoms with Crippen LogP contribution in [0.1, 0.15) is 4.88 Å². The molecule has 1 saturated heterocycles. The van der Waals surface area contributed by atoms with Crippen LogP contribution in [0.3, 0.4) is 0 Å². The van der Waals surface area contributed by atoms with Gasteiger partial charge in [0.25, 0.3) is 0 Å². The molecule has 2 heterocycles. The molecule has 24 heavy (non-hydrogen) atoms. The third-order valence-corrected chi connectivity index (χ3v) is 5.02. The zero-order chi connectivity index (χ0) is 16.9. The largest absolute Gasteiger partial charge is 0.415 e. The van der Waals surface area contributed by atoms with Crippen molar-refractivity contribution in [1.29, 1.82) is 0 Å². The van der Waals surface area contributed by atoms with Crippen molar-refractivity contribution in [1.82, 2.24) is 9.80 Å². The number of amides is 2. The maximum atomic E-state index is 12.3. The quantitative estimate of drug-likeness (QED) is 0.839. The molecular formula is C17H17ClN2O3S. The minimum absolute atomic E-state index is 0.0598. The lowest BCUT2D eigenvalue weighted by Crippen LogP contribution is -2.51. The summed E-state index contributed by atoms with van der Waals surface area (Å²) >= 11 is 7.31. The molecule has 1 aliphatic heterocycles. The van der Waals surface area contributed by atoms with E-state index >= 15 is 0 Å². The first-order chi connectivity index (χ1) is 11.6. The molecule has 7 heteroatoms. The number of hydrogen-bond donors (Lipinski definition) is 0. The third-order valence-electron chi connectivity index (χ3n) is 3.79. The molecule has 0 saturated carbocycles. The lowest BCUT2D eigenvalue weighted by molar-refractivity contribution is -0.131. The third kappa shape index (κ3) is 4.27. The van der Waals surface area contributed by atoms with Gasteiger partial charge in [-0.05, 0) is 24.3 Å². The van der Waals surface area contributed by atoms with Gasteiger partial charge < -0.3 is 14.5 Å². The molecule has 0 N–H and O–H groups in total. The van der Waals surface area contributed by atoms with Crippen LogP contribution in [0.15, 0.2) is 42.5 Å². The van der Waals surface area contributed by atoms with Gasteiger partial charge in [0.2, 0.25) is 5.91 Å². The van der Waals surface area contributed by atoms with Crippen LogP contribution in [-0.2, 0) is 11.2 Å². The summed E-state index contributed by atoms with van der Waals surface area (Å²) in [5.74, 6) is 0.583. The van der Waals surface area contributed by atoms with Crippen molar-refractivity contribution >= 4 is 34.9 Å². The lowest BCUT2D eigenvalue weighted by Gasteiger charge is -2.34. The molecule has 1 aromatic heterocycles. The molecule has 3 rings (SSSR count). The minimum atomic E-state index is -0.377. The van der Waals surface area contributed by atoms with Crippen LogP contribution in [0.25, 0.3) is 0 Å². The van der Waals surface area contributed by atoms with Gasteiger partial charge in [0, 0.05) is 31.1 Å². The predicted octanol–water partition coefficient (Wildman–Crippen LogP) is 3.29. The molecule has 0 bridgehead atoms. The Morgan fingerprint density at radius 3 is 2.29 bits per heavy atom. The van der Waals surface area contributed by atoms with E-state index in [0.29, 0.717) is 42.7 Å². The summed E-state index contributed by atoms with van der Waals surface area (Å²) in [7, 11) is 0. The van der Waals surface area contributed by atoms with E-state index in [9.17, 15) is 9.59 Å². The zero-order valence-electron chi connectivity index (χ0n) is 13.0. The van der Waals surface area contributed by atoms with Crippen LogP contribution in [0.2, 0.25) is 4.34 Å². The molecule has 0 atom stereocenters. The number of halogens is 1. The Hall–Kier alpha value is -2.05. The van der Waals surface area contributed by atoms with Gasteiger partial charge in [0.15, 0.2) is 0 Å². The number of nitrogens with zero attached hydrogens (tertiary/aromatic N) is 2. The highest BCUT2D eigenvalue weighted by Crippen LogP contribution is 2.22. The molecule has 0 radical (unpaired) electrons. The van der Waals surface area contributed by atoms with E-state index in [-0.39, 0.29) is 12.0 Å². The Bertz CT molecular complexity index is 712. The van der Waals surface area contributed by atoms with Gasteiger partial charge in [-0.15, -0.1) is 11.3 Å². The van der Waals surface area contributed by atoms with E-state index in [1.165, 1.54) is 11.3 Å². The van der Waals surface area contributed by atoms with Crippen LogP contribution in [0.4, 0.5) is 4.79 Å². The first-order valence-electron chi connectivity index (χ1n) is 7.65. The van der Waals surface area contributed by atoms with Crippen molar-refractivity contribution in [3.05, 3.63) is 51.7 Å². The van der Waals surface area contributed by atoms with E-state index in [4.69, 9.17) is 16.3 Å². The van der Waals surface area contributed by atoms with Crippen LogP contribution >= 0.6 is 22.9 Å². The van der Waals surface area contributed by atoms with Crippen LogP contribution in [0, 0.1) is 0 Å². The van der Waals surface area contributed by atoms with Crippen LogP contribution in [-0.4, -0.2) is 48.0 Å². The highest BCUT2D eigenvalue weighted by Gasteiger charge is 2.25. The standard InChI is InChI=1S/C17H17ClN2O3S/c18-15-7-6-14(24-15)12-16(21)19-8-10-20(11-9-19)17(22)23-13-4-2-1-3-5-13/h1-7H,8-12H2. The molecule has 1 fully saturated rings. The fraction of sp³-hybridized carbons (Fsp3) is 0.294. The topological polar surface area (TPSA) is 49.9 Å². The normalized spacial score (nSPS) is 14.5. The molecule has 126 valence electrons. The van der Waals surface area contributed by atoms with Gasteiger partial charge in [-0.25, -0.2) is 4.79 Å². The Kier molecular flexibility index (Phi) is 5.37.